The van der Waals surface area contributed by atoms with Gasteiger partial charge in [0, 0.05) is 6.26 Å². The lowest BCUT2D eigenvalue weighted by atomic mass is 10.1. The number of amides is 1. The van der Waals surface area contributed by atoms with E-state index >= 15 is 0 Å². The number of carbonyl (C=O) groups excluding carboxylic acids is 1. The van der Waals surface area contributed by atoms with Crippen LogP contribution in [-0.2, 0) is 14.6 Å². The molecule has 0 saturated heterocycles. The summed E-state index contributed by atoms with van der Waals surface area (Å²) in [7, 11) is -3.23. The molecule has 1 N–H and O–H groups in total. The molecule has 2 aromatic carbocycles. The molecular formula is C21H27NO4S. The summed E-state index contributed by atoms with van der Waals surface area (Å²) in [5.74, 6) is 0.482. The van der Waals surface area contributed by atoms with Crippen molar-refractivity contribution in [1.82, 2.24) is 5.32 Å². The first-order valence-corrected chi connectivity index (χ1v) is 10.8. The molecule has 2 aromatic rings. The van der Waals surface area contributed by atoms with E-state index in [0.29, 0.717) is 12.2 Å². The molecule has 2 rings (SSSR count). The van der Waals surface area contributed by atoms with Crippen molar-refractivity contribution in [3.8, 4) is 5.75 Å². The molecule has 0 aliphatic rings. The van der Waals surface area contributed by atoms with Gasteiger partial charge in [-0.05, 0) is 68.1 Å². The molecule has 0 bridgehead atoms. The molecule has 0 fully saturated rings. The van der Waals surface area contributed by atoms with Gasteiger partial charge in [0.2, 0.25) is 0 Å². The van der Waals surface area contributed by atoms with E-state index in [2.05, 4.69) is 11.4 Å². The molecule has 0 aliphatic carbocycles. The van der Waals surface area contributed by atoms with Crippen molar-refractivity contribution in [2.45, 2.75) is 51.2 Å². The lowest BCUT2D eigenvalue weighted by Gasteiger charge is -2.21. The number of aryl methyl sites for hydroxylation is 2. The van der Waals surface area contributed by atoms with Crippen molar-refractivity contribution in [2.75, 3.05) is 6.26 Å². The smallest absolute Gasteiger partial charge is 0.261 e. The average molecular weight is 390 g/mol. The quantitative estimate of drug-likeness (QED) is 0.783. The van der Waals surface area contributed by atoms with E-state index in [9.17, 15) is 13.2 Å². The highest BCUT2D eigenvalue weighted by Gasteiger charge is 2.21. The number of benzene rings is 2. The van der Waals surface area contributed by atoms with Crippen LogP contribution in [0.1, 0.15) is 43.0 Å². The maximum absolute atomic E-state index is 12.6. The lowest BCUT2D eigenvalue weighted by Crippen LogP contribution is -2.39. The third kappa shape index (κ3) is 5.82. The number of nitrogens with one attached hydrogen (secondary N) is 1. The summed E-state index contributed by atoms with van der Waals surface area (Å²) in [4.78, 5) is 12.9. The van der Waals surface area contributed by atoms with Crippen LogP contribution in [0.15, 0.2) is 47.4 Å². The van der Waals surface area contributed by atoms with Crippen LogP contribution in [0.4, 0.5) is 0 Å². The minimum absolute atomic E-state index is 0.198. The first-order valence-electron chi connectivity index (χ1n) is 8.95. The van der Waals surface area contributed by atoms with Crippen LogP contribution in [0.2, 0.25) is 0 Å². The van der Waals surface area contributed by atoms with E-state index < -0.39 is 15.9 Å². The van der Waals surface area contributed by atoms with Crippen LogP contribution in [0.5, 0.6) is 5.75 Å². The van der Waals surface area contributed by atoms with Gasteiger partial charge in [0.25, 0.3) is 5.91 Å². The summed E-state index contributed by atoms with van der Waals surface area (Å²) in [5.41, 5.74) is 3.00. The maximum Gasteiger partial charge on any atom is 0.261 e. The predicted octanol–water partition coefficient (Wildman–Crippen LogP) is 3.74. The molecular weight excluding hydrogens is 362 g/mol. The van der Waals surface area contributed by atoms with Crippen molar-refractivity contribution in [1.29, 1.82) is 0 Å². The van der Waals surface area contributed by atoms with Gasteiger partial charge in [-0.2, -0.15) is 0 Å². The molecule has 0 aliphatic heterocycles. The van der Waals surface area contributed by atoms with Gasteiger partial charge in [0.1, 0.15) is 5.75 Å². The number of hydrogen-bond donors (Lipinski definition) is 1. The Labute approximate surface area is 161 Å². The van der Waals surface area contributed by atoms with Crippen LogP contribution in [-0.4, -0.2) is 26.7 Å². The number of sulfone groups is 1. The highest BCUT2D eigenvalue weighted by atomic mass is 32.2. The van der Waals surface area contributed by atoms with E-state index in [1.54, 1.807) is 24.3 Å². The molecule has 2 atom stereocenters. The molecule has 0 radical (unpaired) electrons. The first-order chi connectivity index (χ1) is 12.6. The molecule has 6 heteroatoms. The standard InChI is InChI=1S/C21H27NO4S/c1-6-20(26-18-12-14(2)11-15(3)13-18)21(23)22-16(4)17-7-9-19(10-8-17)27(5,24)25/h7-13,16,20H,6H2,1-5H3,(H,22,23)/t16-,20-/m1/s1. The Morgan fingerprint density at radius 3 is 2.11 bits per heavy atom. The molecule has 27 heavy (non-hydrogen) atoms. The highest BCUT2D eigenvalue weighted by molar-refractivity contribution is 7.90. The van der Waals surface area contributed by atoms with Crippen LogP contribution < -0.4 is 10.1 Å². The number of carbonyl (C=O) groups is 1. The second-order valence-electron chi connectivity index (χ2n) is 6.91. The van der Waals surface area contributed by atoms with Gasteiger partial charge in [-0.15, -0.1) is 0 Å². The molecule has 146 valence electrons. The van der Waals surface area contributed by atoms with E-state index in [-0.39, 0.29) is 16.8 Å². The number of rotatable bonds is 7. The third-order valence-electron chi connectivity index (χ3n) is 4.30. The molecule has 0 saturated carbocycles. The summed E-state index contributed by atoms with van der Waals surface area (Å²) in [6.45, 7) is 7.74. The largest absolute Gasteiger partial charge is 0.481 e. The van der Waals surface area contributed by atoms with E-state index in [4.69, 9.17) is 4.74 Å². The van der Waals surface area contributed by atoms with Gasteiger partial charge in [0.15, 0.2) is 15.9 Å². The SMILES string of the molecule is CC[C@@H](Oc1cc(C)cc(C)c1)C(=O)N[C@H](C)c1ccc(S(C)(=O)=O)cc1. The van der Waals surface area contributed by atoms with Gasteiger partial charge in [-0.25, -0.2) is 8.42 Å². The fourth-order valence-corrected chi connectivity index (χ4v) is 3.51. The Hall–Kier alpha value is -2.34. The zero-order valence-electron chi connectivity index (χ0n) is 16.4. The van der Waals surface area contributed by atoms with E-state index in [1.165, 1.54) is 6.26 Å². The Balaban J connectivity index is 2.07. The fourth-order valence-electron chi connectivity index (χ4n) is 2.88. The van der Waals surface area contributed by atoms with Gasteiger partial charge in [-0.1, -0.05) is 25.1 Å². The van der Waals surface area contributed by atoms with Crippen molar-refractivity contribution < 1.29 is 17.9 Å². The Morgan fingerprint density at radius 2 is 1.63 bits per heavy atom. The predicted molar refractivity (Wildman–Crippen MR) is 107 cm³/mol. The Morgan fingerprint density at radius 1 is 1.07 bits per heavy atom. The summed E-state index contributed by atoms with van der Waals surface area (Å²) in [6.07, 6.45) is 1.12. The monoisotopic (exact) mass is 389 g/mol. The van der Waals surface area contributed by atoms with Crippen LogP contribution in [0.3, 0.4) is 0 Å². The summed E-state index contributed by atoms with van der Waals surface area (Å²) >= 11 is 0. The Bertz CT molecular complexity index is 884. The second-order valence-corrected chi connectivity index (χ2v) is 8.93. The zero-order chi connectivity index (χ0) is 20.2. The van der Waals surface area contributed by atoms with Gasteiger partial charge < -0.3 is 10.1 Å². The molecule has 0 heterocycles. The fraction of sp³-hybridized carbons (Fsp3) is 0.381. The number of ether oxygens (including phenoxy) is 1. The normalized spacial score (nSPS) is 13.7. The molecule has 1 amide bonds. The second kappa shape index (κ2) is 8.57. The van der Waals surface area contributed by atoms with Crippen LogP contribution in [0, 0.1) is 13.8 Å². The van der Waals surface area contributed by atoms with Gasteiger partial charge in [0.05, 0.1) is 10.9 Å². The van der Waals surface area contributed by atoms with Crippen LogP contribution in [0.25, 0.3) is 0 Å². The molecule has 0 spiro atoms. The van der Waals surface area contributed by atoms with E-state index in [0.717, 1.165) is 16.7 Å². The topological polar surface area (TPSA) is 72.5 Å². The maximum atomic E-state index is 12.6. The lowest BCUT2D eigenvalue weighted by molar-refractivity contribution is -0.128. The molecule has 0 aromatic heterocycles. The molecule has 5 nitrogen and oxygen atoms in total. The zero-order valence-corrected chi connectivity index (χ0v) is 17.3. The summed E-state index contributed by atoms with van der Waals surface area (Å²) in [5, 5.41) is 2.94. The highest BCUT2D eigenvalue weighted by Crippen LogP contribution is 2.20. The Kier molecular flexibility index (Phi) is 6.65. The first kappa shape index (κ1) is 21.0. The minimum Gasteiger partial charge on any atom is -0.481 e. The van der Waals surface area contributed by atoms with Gasteiger partial charge >= 0.3 is 0 Å². The molecule has 0 unspecified atom stereocenters. The van der Waals surface area contributed by atoms with Crippen molar-refractivity contribution in [2.24, 2.45) is 0 Å². The average Bonchev–Trinajstić information content (AvgIpc) is 2.58. The number of hydrogen-bond acceptors (Lipinski definition) is 4. The van der Waals surface area contributed by atoms with Crippen molar-refractivity contribution in [3.63, 3.8) is 0 Å². The third-order valence-corrected chi connectivity index (χ3v) is 5.43. The van der Waals surface area contributed by atoms with Crippen molar-refractivity contribution in [3.05, 3.63) is 59.2 Å². The minimum atomic E-state index is -3.23. The van der Waals surface area contributed by atoms with Gasteiger partial charge in [-0.3, -0.25) is 4.79 Å². The van der Waals surface area contributed by atoms with Crippen LogP contribution >= 0.6 is 0 Å². The summed E-state index contributed by atoms with van der Waals surface area (Å²) in [6, 6.07) is 12.2. The summed E-state index contributed by atoms with van der Waals surface area (Å²) < 4.78 is 29.0. The van der Waals surface area contributed by atoms with E-state index in [1.807, 2.05) is 39.8 Å². The van der Waals surface area contributed by atoms with Crippen molar-refractivity contribution >= 4 is 15.7 Å².